The molecule has 15 heteroatoms. The number of nitrogens with zero attached hydrogens (tertiary/aromatic N) is 7. The number of benzene rings is 1. The van der Waals surface area contributed by atoms with E-state index in [4.69, 9.17) is 9.84 Å². The highest BCUT2D eigenvalue weighted by Gasteiger charge is 2.25. The normalized spacial score (nSPS) is 14.1. The molecule has 4 heterocycles. The number of carbonyl (C=O) groups is 2. The Hall–Kier alpha value is -4.08. The Balaban J connectivity index is 1.46. The number of rotatable bonds is 12. The second kappa shape index (κ2) is 14.1. The van der Waals surface area contributed by atoms with Gasteiger partial charge in [0, 0.05) is 73.6 Å². The number of nitrogens with one attached hydrogen (secondary N) is 1. The lowest BCUT2D eigenvalue weighted by atomic mass is 10.1. The Kier molecular flexibility index (Phi) is 10.1. The van der Waals surface area contributed by atoms with Gasteiger partial charge in [0.2, 0.25) is 5.91 Å². The first-order valence-corrected chi connectivity index (χ1v) is 15.1. The van der Waals surface area contributed by atoms with Crippen LogP contribution in [0, 0.1) is 0 Å². The van der Waals surface area contributed by atoms with Gasteiger partial charge >= 0.3 is 6.61 Å². The average Bonchev–Trinajstić information content (AvgIpc) is 3.60. The van der Waals surface area contributed by atoms with Crippen LogP contribution >= 0.6 is 11.8 Å². The number of fused-ring (bicyclic) bond motifs is 1. The minimum Gasteiger partial charge on any atom is -0.434 e. The molecule has 0 radical (unpaired) electrons. The number of anilines is 1. The van der Waals surface area contributed by atoms with E-state index in [0.29, 0.717) is 38.2 Å². The summed E-state index contributed by atoms with van der Waals surface area (Å²) in [5, 5.41) is 20.9. The first-order valence-electron chi connectivity index (χ1n) is 14.3. The summed E-state index contributed by atoms with van der Waals surface area (Å²) in [5.74, 6) is -0.815. The lowest BCUT2D eigenvalue weighted by molar-refractivity contribution is -0.133. The number of hydrogen-bond donors (Lipinski definition) is 2. The number of amides is 2. The monoisotopic (exact) mass is 628 g/mol. The van der Waals surface area contributed by atoms with Crippen LogP contribution in [-0.4, -0.2) is 102 Å². The number of hydrogen-bond acceptors (Lipinski definition) is 9. The molecule has 1 saturated heterocycles. The van der Waals surface area contributed by atoms with Crippen LogP contribution in [0.2, 0.25) is 0 Å². The zero-order chi connectivity index (χ0) is 31.2. The average molecular weight is 629 g/mol. The fourth-order valence-corrected chi connectivity index (χ4v) is 5.84. The Bertz CT molecular complexity index is 1600. The van der Waals surface area contributed by atoms with Crippen molar-refractivity contribution in [3.05, 3.63) is 54.6 Å². The maximum absolute atomic E-state index is 13.4. The van der Waals surface area contributed by atoms with Gasteiger partial charge in [-0.25, -0.2) is 9.50 Å². The number of thioether (sulfide) groups is 1. The van der Waals surface area contributed by atoms with E-state index in [2.05, 4.69) is 25.4 Å². The summed E-state index contributed by atoms with van der Waals surface area (Å²) >= 11 is 1.53. The maximum Gasteiger partial charge on any atom is 0.387 e. The maximum atomic E-state index is 13.4. The number of carbonyl (C=O) groups excluding carboxylic acids is 2. The highest BCUT2D eigenvalue weighted by Crippen LogP contribution is 2.39. The summed E-state index contributed by atoms with van der Waals surface area (Å²) in [5.41, 5.74) is 1.16. The minimum absolute atomic E-state index is 0.114. The third kappa shape index (κ3) is 7.52. The highest BCUT2D eigenvalue weighted by molar-refractivity contribution is 7.99. The van der Waals surface area contributed by atoms with Crippen molar-refractivity contribution in [1.82, 2.24) is 34.2 Å². The van der Waals surface area contributed by atoms with Crippen molar-refractivity contribution in [1.29, 1.82) is 0 Å². The van der Waals surface area contributed by atoms with Crippen LogP contribution in [-0.2, 0) is 11.3 Å². The summed E-state index contributed by atoms with van der Waals surface area (Å²) in [4.78, 5) is 35.7. The number of alkyl halides is 2. The predicted molar refractivity (Wildman–Crippen MR) is 161 cm³/mol. The molecular weight excluding hydrogens is 594 g/mol. The van der Waals surface area contributed by atoms with Crippen LogP contribution in [0.5, 0.6) is 5.75 Å². The molecule has 3 aromatic heterocycles. The van der Waals surface area contributed by atoms with Gasteiger partial charge in [0.05, 0.1) is 11.9 Å². The van der Waals surface area contributed by atoms with Crippen LogP contribution in [0.1, 0.15) is 30.6 Å². The second-order valence-electron chi connectivity index (χ2n) is 10.5. The topological polar surface area (TPSA) is 130 Å². The van der Waals surface area contributed by atoms with Gasteiger partial charge in [-0.1, -0.05) is 13.8 Å². The zero-order valence-corrected chi connectivity index (χ0v) is 25.2. The first-order chi connectivity index (χ1) is 21.2. The van der Waals surface area contributed by atoms with Crippen molar-refractivity contribution in [3.8, 4) is 17.0 Å². The van der Waals surface area contributed by atoms with Crippen LogP contribution < -0.4 is 10.1 Å². The van der Waals surface area contributed by atoms with E-state index in [-0.39, 0.29) is 52.6 Å². The van der Waals surface area contributed by atoms with Gasteiger partial charge < -0.3 is 20.1 Å². The van der Waals surface area contributed by atoms with E-state index in [9.17, 15) is 18.4 Å². The fourth-order valence-electron chi connectivity index (χ4n) is 4.96. The molecule has 2 N–H and O–H groups in total. The molecule has 0 bridgehead atoms. The number of halogens is 2. The number of aliphatic hydroxyl groups excluding tert-OH is 1. The molecule has 1 aliphatic heterocycles. The summed E-state index contributed by atoms with van der Waals surface area (Å²) in [7, 11) is 0. The highest BCUT2D eigenvalue weighted by atomic mass is 32.2. The van der Waals surface area contributed by atoms with Gasteiger partial charge in [0.1, 0.15) is 23.6 Å². The SMILES string of the molecule is CC(C)Sc1ccc(OC(F)F)c(-c2nn(CC(=O)N3CCN(CCCO)CC3)cc2NC(=O)c2cnn3cccnc23)c1. The first kappa shape index (κ1) is 31.3. The quantitative estimate of drug-likeness (QED) is 0.227. The van der Waals surface area contributed by atoms with E-state index in [0.717, 1.165) is 11.4 Å². The van der Waals surface area contributed by atoms with Crippen molar-refractivity contribution >= 4 is 34.9 Å². The number of aromatic nitrogens is 5. The molecule has 4 aromatic rings. The second-order valence-corrected chi connectivity index (χ2v) is 12.1. The van der Waals surface area contributed by atoms with E-state index in [1.165, 1.54) is 39.4 Å². The molecule has 44 heavy (non-hydrogen) atoms. The zero-order valence-electron chi connectivity index (χ0n) is 24.4. The molecular formula is C29H34F2N8O4S. The molecule has 2 amide bonds. The Morgan fingerprint density at radius 1 is 1.18 bits per heavy atom. The third-order valence-corrected chi connectivity index (χ3v) is 7.98. The smallest absolute Gasteiger partial charge is 0.387 e. The Morgan fingerprint density at radius 3 is 2.70 bits per heavy atom. The predicted octanol–water partition coefficient (Wildman–Crippen LogP) is 3.47. The molecule has 5 rings (SSSR count). The number of ether oxygens (including phenoxy) is 1. The van der Waals surface area contributed by atoms with Gasteiger partial charge in [-0.2, -0.15) is 19.0 Å². The largest absolute Gasteiger partial charge is 0.434 e. The standard InChI is InChI=1S/C29H34F2N8O4S/c1-19(2)44-20-5-6-24(43-29(30)31)21(15-20)26-23(34-28(42)22-16-33-39-9-3-7-32-27(22)39)17-38(35-26)18-25(41)37-12-10-36(11-13-37)8-4-14-40/h3,5-7,9,15-17,19,29,40H,4,8,10-14,18H2,1-2H3,(H,34,42). The minimum atomic E-state index is -3.08. The van der Waals surface area contributed by atoms with Crippen LogP contribution in [0.25, 0.3) is 16.9 Å². The van der Waals surface area contributed by atoms with Crippen LogP contribution in [0.15, 0.2) is 53.9 Å². The van der Waals surface area contributed by atoms with E-state index in [1.807, 2.05) is 13.8 Å². The molecule has 234 valence electrons. The lowest BCUT2D eigenvalue weighted by Crippen LogP contribution is -2.49. The molecule has 0 saturated carbocycles. The lowest BCUT2D eigenvalue weighted by Gasteiger charge is -2.34. The number of aliphatic hydroxyl groups is 1. The molecule has 1 aromatic carbocycles. The van der Waals surface area contributed by atoms with Crippen molar-refractivity contribution in [2.45, 2.75) is 43.6 Å². The van der Waals surface area contributed by atoms with Gasteiger partial charge in [-0.15, -0.1) is 11.8 Å². The van der Waals surface area contributed by atoms with E-state index in [1.54, 1.807) is 35.5 Å². The van der Waals surface area contributed by atoms with Gasteiger partial charge in [-0.05, 0) is 30.7 Å². The summed E-state index contributed by atoms with van der Waals surface area (Å²) < 4.78 is 34.6. The molecule has 0 unspecified atom stereocenters. The molecule has 0 spiro atoms. The van der Waals surface area contributed by atoms with E-state index >= 15 is 0 Å². The summed E-state index contributed by atoms with van der Waals surface area (Å²) in [6.45, 7) is 4.16. The fraction of sp³-hybridized carbons (Fsp3) is 0.414. The molecule has 12 nitrogen and oxygen atoms in total. The Morgan fingerprint density at radius 2 is 1.98 bits per heavy atom. The number of piperazine rings is 1. The third-order valence-electron chi connectivity index (χ3n) is 6.98. The van der Waals surface area contributed by atoms with Gasteiger partial charge in [0.15, 0.2) is 5.65 Å². The van der Waals surface area contributed by atoms with Crippen molar-refractivity contribution < 1.29 is 28.2 Å². The molecule has 1 aliphatic rings. The van der Waals surface area contributed by atoms with E-state index < -0.39 is 12.5 Å². The Labute approximate surface area is 257 Å². The van der Waals surface area contributed by atoms with Crippen molar-refractivity contribution in [3.63, 3.8) is 0 Å². The van der Waals surface area contributed by atoms with Crippen molar-refractivity contribution in [2.75, 3.05) is 44.6 Å². The van der Waals surface area contributed by atoms with Gasteiger partial charge in [-0.3, -0.25) is 19.2 Å². The molecule has 0 aliphatic carbocycles. The van der Waals surface area contributed by atoms with Crippen LogP contribution in [0.3, 0.4) is 0 Å². The molecule has 1 fully saturated rings. The summed E-state index contributed by atoms with van der Waals surface area (Å²) in [6, 6.07) is 6.51. The summed E-state index contributed by atoms with van der Waals surface area (Å²) in [6.07, 6.45) is 6.78. The van der Waals surface area contributed by atoms with Crippen molar-refractivity contribution in [2.24, 2.45) is 0 Å². The molecule has 0 atom stereocenters. The van der Waals surface area contributed by atoms with Gasteiger partial charge in [0.25, 0.3) is 5.91 Å². The van der Waals surface area contributed by atoms with Crippen LogP contribution in [0.4, 0.5) is 14.5 Å².